The molecule has 1 aliphatic rings. The van der Waals surface area contributed by atoms with Gasteiger partial charge in [0.2, 0.25) is 15.9 Å². The maximum absolute atomic E-state index is 12.9. The Morgan fingerprint density at radius 2 is 1.69 bits per heavy atom. The zero-order valence-corrected chi connectivity index (χ0v) is 17.1. The molecule has 2 aromatic carbocycles. The second-order valence-corrected chi connectivity index (χ2v) is 8.83. The first-order valence-corrected chi connectivity index (χ1v) is 10.9. The predicted molar refractivity (Wildman–Crippen MR) is 109 cm³/mol. The van der Waals surface area contributed by atoms with E-state index in [1.54, 1.807) is 12.1 Å². The van der Waals surface area contributed by atoms with Crippen molar-refractivity contribution in [2.24, 2.45) is 0 Å². The van der Waals surface area contributed by atoms with Crippen LogP contribution < -0.4 is 5.32 Å². The minimum Gasteiger partial charge on any atom is -0.351 e. The van der Waals surface area contributed by atoms with Gasteiger partial charge in [-0.15, -0.1) is 0 Å². The molecule has 0 aromatic heterocycles. The highest BCUT2D eigenvalue weighted by Gasteiger charge is 2.32. The topological polar surface area (TPSA) is 93.5 Å². The zero-order valence-electron chi connectivity index (χ0n) is 16.3. The largest absolute Gasteiger partial charge is 0.351 e. The Balaban J connectivity index is 1.58. The molecule has 1 aliphatic heterocycles. The number of amides is 1. The molecular weight excluding hydrogens is 388 g/mol. The molecule has 152 valence electrons. The van der Waals surface area contributed by atoms with Crippen molar-refractivity contribution < 1.29 is 13.2 Å². The van der Waals surface area contributed by atoms with Crippen molar-refractivity contribution in [2.75, 3.05) is 26.2 Å². The monoisotopic (exact) mass is 412 g/mol. The highest BCUT2D eigenvalue weighted by atomic mass is 32.2. The fraction of sp³-hybridized carbons (Fsp3) is 0.333. The summed E-state index contributed by atoms with van der Waals surface area (Å²) in [5, 5.41) is 12.1. The van der Waals surface area contributed by atoms with Gasteiger partial charge in [0.15, 0.2) is 0 Å². The quantitative estimate of drug-likeness (QED) is 0.777. The molecule has 1 amide bonds. The fourth-order valence-corrected chi connectivity index (χ4v) is 4.92. The van der Waals surface area contributed by atoms with Crippen LogP contribution in [0.15, 0.2) is 59.5 Å². The molecule has 1 fully saturated rings. The fourth-order valence-electron chi connectivity index (χ4n) is 3.35. The van der Waals surface area contributed by atoms with Gasteiger partial charge >= 0.3 is 0 Å². The molecule has 0 radical (unpaired) electrons. The number of nitrogens with zero attached hydrogens (tertiary/aromatic N) is 3. The number of rotatable bonds is 6. The molecule has 1 atom stereocenters. The summed E-state index contributed by atoms with van der Waals surface area (Å²) in [6, 6.07) is 17.5. The van der Waals surface area contributed by atoms with Crippen LogP contribution in [-0.2, 0) is 21.4 Å². The van der Waals surface area contributed by atoms with Gasteiger partial charge in [0.1, 0.15) is 6.07 Å². The molecule has 8 heteroatoms. The predicted octanol–water partition coefficient (Wildman–Crippen LogP) is 1.57. The molecular formula is C21H24N4O3S. The zero-order chi connectivity index (χ0) is 20.9. The van der Waals surface area contributed by atoms with Crippen molar-refractivity contribution in [1.29, 1.82) is 5.26 Å². The smallest absolute Gasteiger partial charge is 0.244 e. The molecule has 7 nitrogen and oxygen atoms in total. The van der Waals surface area contributed by atoms with E-state index in [0.29, 0.717) is 19.6 Å². The third-order valence-corrected chi connectivity index (χ3v) is 7.09. The number of nitriles is 1. The Labute approximate surface area is 171 Å². The molecule has 3 rings (SSSR count). The summed E-state index contributed by atoms with van der Waals surface area (Å²) in [5.74, 6) is -0.0833. The Bertz CT molecular complexity index is 994. The van der Waals surface area contributed by atoms with Crippen LogP contribution in [0.25, 0.3) is 0 Å². The van der Waals surface area contributed by atoms with E-state index in [1.165, 1.54) is 16.4 Å². The van der Waals surface area contributed by atoms with Gasteiger partial charge in [0.05, 0.1) is 16.5 Å². The minimum absolute atomic E-state index is 0.0320. The van der Waals surface area contributed by atoms with E-state index in [9.17, 15) is 18.5 Å². The standard InChI is InChI=1S/C21H24N4O3S/c1-17(21(26)23-16-18-7-3-2-4-8-18)24-11-13-25(14-12-24)29(27,28)20-10-6-5-9-19(20)15-22/h2-10,17H,11-14,16H2,1H3,(H,23,26)/t17-/m1/s1. The van der Waals surface area contributed by atoms with Crippen molar-refractivity contribution in [3.63, 3.8) is 0 Å². The molecule has 0 spiro atoms. The first-order valence-electron chi connectivity index (χ1n) is 9.48. The Morgan fingerprint density at radius 3 is 2.34 bits per heavy atom. The third-order valence-electron chi connectivity index (χ3n) is 5.14. The number of piperazine rings is 1. The Kier molecular flexibility index (Phi) is 6.64. The van der Waals surface area contributed by atoms with Gasteiger partial charge in [-0.25, -0.2) is 8.42 Å². The first-order chi connectivity index (χ1) is 13.9. The Morgan fingerprint density at radius 1 is 1.07 bits per heavy atom. The van der Waals surface area contributed by atoms with Gasteiger partial charge in [0, 0.05) is 32.7 Å². The average Bonchev–Trinajstić information content (AvgIpc) is 2.77. The van der Waals surface area contributed by atoms with E-state index >= 15 is 0 Å². The van der Waals surface area contributed by atoms with Crippen LogP contribution in [0, 0.1) is 11.3 Å². The van der Waals surface area contributed by atoms with Gasteiger partial charge in [-0.1, -0.05) is 42.5 Å². The molecule has 1 N–H and O–H groups in total. The molecule has 1 heterocycles. The van der Waals surface area contributed by atoms with Crippen LogP contribution in [-0.4, -0.2) is 55.8 Å². The van der Waals surface area contributed by atoms with E-state index in [2.05, 4.69) is 5.32 Å². The first kappa shape index (κ1) is 21.0. The van der Waals surface area contributed by atoms with Gasteiger partial charge < -0.3 is 5.32 Å². The third kappa shape index (κ3) is 4.82. The van der Waals surface area contributed by atoms with Crippen LogP contribution in [0.4, 0.5) is 0 Å². The molecule has 1 saturated heterocycles. The van der Waals surface area contributed by atoms with E-state index in [-0.39, 0.29) is 35.5 Å². The van der Waals surface area contributed by atoms with E-state index < -0.39 is 10.0 Å². The number of benzene rings is 2. The molecule has 0 aliphatic carbocycles. The van der Waals surface area contributed by atoms with Gasteiger partial charge in [-0.05, 0) is 24.6 Å². The van der Waals surface area contributed by atoms with Crippen molar-refractivity contribution in [1.82, 2.24) is 14.5 Å². The molecule has 29 heavy (non-hydrogen) atoms. The molecule has 0 bridgehead atoms. The van der Waals surface area contributed by atoms with Crippen LogP contribution in [0.5, 0.6) is 0 Å². The molecule has 2 aromatic rings. The van der Waals surface area contributed by atoms with Gasteiger partial charge in [-0.2, -0.15) is 9.57 Å². The maximum atomic E-state index is 12.9. The van der Waals surface area contributed by atoms with Crippen LogP contribution in [0.3, 0.4) is 0 Å². The van der Waals surface area contributed by atoms with E-state index in [1.807, 2.05) is 48.2 Å². The Hall–Kier alpha value is -2.73. The number of hydrogen-bond donors (Lipinski definition) is 1. The van der Waals surface area contributed by atoms with Crippen molar-refractivity contribution in [3.8, 4) is 6.07 Å². The van der Waals surface area contributed by atoms with Crippen molar-refractivity contribution >= 4 is 15.9 Å². The summed E-state index contributed by atoms with van der Waals surface area (Å²) < 4.78 is 27.2. The van der Waals surface area contributed by atoms with E-state index in [4.69, 9.17) is 0 Å². The summed E-state index contributed by atoms with van der Waals surface area (Å²) in [6.07, 6.45) is 0. The number of hydrogen-bond acceptors (Lipinski definition) is 5. The molecule has 0 saturated carbocycles. The average molecular weight is 413 g/mol. The van der Waals surface area contributed by atoms with Crippen molar-refractivity contribution in [2.45, 2.75) is 24.4 Å². The SMILES string of the molecule is C[C@H](C(=O)NCc1ccccc1)N1CCN(S(=O)(=O)c2ccccc2C#N)CC1. The maximum Gasteiger partial charge on any atom is 0.244 e. The van der Waals surface area contributed by atoms with Gasteiger partial charge in [0.25, 0.3) is 0 Å². The van der Waals surface area contributed by atoms with E-state index in [0.717, 1.165) is 5.56 Å². The second-order valence-electron chi connectivity index (χ2n) is 6.93. The van der Waals surface area contributed by atoms with Crippen LogP contribution >= 0.6 is 0 Å². The van der Waals surface area contributed by atoms with Crippen LogP contribution in [0.1, 0.15) is 18.1 Å². The highest BCUT2D eigenvalue weighted by Crippen LogP contribution is 2.21. The lowest BCUT2D eigenvalue weighted by Crippen LogP contribution is -2.54. The van der Waals surface area contributed by atoms with Crippen molar-refractivity contribution in [3.05, 3.63) is 65.7 Å². The van der Waals surface area contributed by atoms with Gasteiger partial charge in [-0.3, -0.25) is 9.69 Å². The second kappa shape index (κ2) is 9.18. The summed E-state index contributed by atoms with van der Waals surface area (Å²) in [5.41, 5.74) is 1.17. The summed E-state index contributed by atoms with van der Waals surface area (Å²) in [6.45, 7) is 3.75. The lowest BCUT2D eigenvalue weighted by molar-refractivity contribution is -0.126. The number of carbonyl (C=O) groups excluding carboxylic acids is 1. The summed E-state index contributed by atoms with van der Waals surface area (Å²) in [4.78, 5) is 14.5. The lowest BCUT2D eigenvalue weighted by Gasteiger charge is -2.36. The number of nitrogens with one attached hydrogen (secondary N) is 1. The summed E-state index contributed by atoms with van der Waals surface area (Å²) in [7, 11) is -3.74. The highest BCUT2D eigenvalue weighted by molar-refractivity contribution is 7.89. The lowest BCUT2D eigenvalue weighted by atomic mass is 10.2. The number of carbonyl (C=O) groups is 1. The number of sulfonamides is 1. The van der Waals surface area contributed by atoms with Crippen LogP contribution in [0.2, 0.25) is 0 Å². The minimum atomic E-state index is -3.74. The molecule has 0 unspecified atom stereocenters. The normalized spacial score (nSPS) is 16.7. The summed E-state index contributed by atoms with van der Waals surface area (Å²) >= 11 is 0.